The van der Waals surface area contributed by atoms with Gasteiger partial charge in [-0.25, -0.2) is 14.8 Å². The quantitative estimate of drug-likeness (QED) is 0.423. The Morgan fingerprint density at radius 1 is 1.27 bits per heavy atom. The number of nitrogens with one attached hydrogen (secondary N) is 4. The third-order valence-electron chi connectivity index (χ3n) is 7.29. The van der Waals surface area contributed by atoms with E-state index in [1.807, 2.05) is 0 Å². The molecule has 0 aliphatic carbocycles. The summed E-state index contributed by atoms with van der Waals surface area (Å²) in [7, 11) is 0. The molecule has 204 valence electrons. The number of rotatable bonds is 6. The van der Waals surface area contributed by atoms with Crippen molar-refractivity contribution in [2.24, 2.45) is 5.92 Å². The van der Waals surface area contributed by atoms with Gasteiger partial charge in [-0.2, -0.15) is 18.4 Å². The van der Waals surface area contributed by atoms with Crippen molar-refractivity contribution in [2.75, 3.05) is 25.1 Å². The van der Waals surface area contributed by atoms with E-state index in [1.54, 1.807) is 25.8 Å². The smallest absolute Gasteiger partial charge is 0.378 e. The molecule has 3 saturated heterocycles. The van der Waals surface area contributed by atoms with Gasteiger partial charge in [0.2, 0.25) is 5.91 Å². The Hall–Kier alpha value is -2.46. The summed E-state index contributed by atoms with van der Waals surface area (Å²) in [5.41, 5.74) is 1.93. The normalized spacial score (nSPS) is 31.8. The fourth-order valence-corrected chi connectivity index (χ4v) is 5.56. The number of alkyl halides is 4. The molecule has 6 atom stereocenters. The summed E-state index contributed by atoms with van der Waals surface area (Å²) in [6.07, 6.45) is -5.77. The lowest BCUT2D eigenvalue weighted by atomic mass is 9.81. The number of hydrogen-bond donors (Lipinski definition) is 4. The van der Waals surface area contributed by atoms with E-state index < -0.39 is 41.6 Å². The van der Waals surface area contributed by atoms with Crippen LogP contribution in [0.1, 0.15) is 51.6 Å². The first-order valence-corrected chi connectivity index (χ1v) is 12.5. The number of piperidine rings is 1. The number of hydrogen-bond acceptors (Lipinski definition) is 7. The number of ether oxygens (including phenoxy) is 1. The van der Waals surface area contributed by atoms with Crippen molar-refractivity contribution in [2.45, 2.75) is 81.7 Å². The average molecular weight is 527 g/mol. The van der Waals surface area contributed by atoms with E-state index in [9.17, 15) is 23.2 Å². The molecule has 1 amide bonds. The van der Waals surface area contributed by atoms with Crippen LogP contribution < -0.4 is 21.4 Å². The third-order valence-corrected chi connectivity index (χ3v) is 7.29. The first kappa shape index (κ1) is 27.6. The second-order valence-electron chi connectivity index (χ2n) is 11.0. The van der Waals surface area contributed by atoms with Crippen LogP contribution in [0, 0.1) is 17.2 Å². The van der Waals surface area contributed by atoms with Gasteiger partial charge in [0.15, 0.2) is 0 Å². The van der Waals surface area contributed by atoms with E-state index in [2.05, 4.69) is 27.4 Å². The van der Waals surface area contributed by atoms with E-state index in [0.29, 0.717) is 31.7 Å². The first-order valence-electron chi connectivity index (χ1n) is 12.5. The number of anilines is 1. The first-order chi connectivity index (χ1) is 17.4. The van der Waals surface area contributed by atoms with Crippen molar-refractivity contribution in [1.29, 1.82) is 5.26 Å². The Morgan fingerprint density at radius 3 is 2.57 bits per heavy atom. The summed E-state index contributed by atoms with van der Waals surface area (Å²) in [6, 6.07) is 5.78. The summed E-state index contributed by atoms with van der Waals surface area (Å²) in [5.74, 6) is -0.800. The Bertz CT molecular complexity index is 1010. The number of carbonyl (C=O) groups excluding carboxylic acids is 1. The molecule has 0 bridgehead atoms. The standard InChI is InChI=1S/C25H34F4N6O2/c1-23(2,3)33-20(25(27,28)29)15-4-6-16(7-5-15)32-21-19-17(8-12-31-22(19)36)35(34-21)24(9-11-30)10-13-37-14-18(24)26/h4-7,17-21,32-34H,8-10,12-14H2,1-3H3,(H,31,36)/t17?,18-,19?,20-,21?,24+/m1/s1. The zero-order chi connectivity index (χ0) is 27.0. The number of halogens is 4. The molecule has 4 rings (SSSR count). The molecule has 1 aromatic rings. The van der Waals surface area contributed by atoms with Gasteiger partial charge in [0.05, 0.1) is 30.6 Å². The van der Waals surface area contributed by atoms with Gasteiger partial charge in [-0.15, -0.1) is 0 Å². The number of fused-ring (bicyclic) bond motifs is 1. The molecule has 0 spiro atoms. The highest BCUT2D eigenvalue weighted by atomic mass is 19.4. The molecule has 12 heteroatoms. The minimum absolute atomic E-state index is 0.0673. The number of carbonyl (C=O) groups is 1. The summed E-state index contributed by atoms with van der Waals surface area (Å²) in [6.45, 7) is 5.60. The Morgan fingerprint density at radius 2 is 1.97 bits per heavy atom. The molecule has 3 unspecified atom stereocenters. The van der Waals surface area contributed by atoms with Gasteiger partial charge >= 0.3 is 6.18 Å². The van der Waals surface area contributed by atoms with Crippen molar-refractivity contribution in [3.63, 3.8) is 0 Å². The molecule has 37 heavy (non-hydrogen) atoms. The van der Waals surface area contributed by atoms with E-state index in [0.717, 1.165) is 0 Å². The van der Waals surface area contributed by atoms with Gasteiger partial charge in [0.25, 0.3) is 0 Å². The number of hydrazine groups is 1. The largest absolute Gasteiger partial charge is 0.407 e. The molecule has 8 nitrogen and oxygen atoms in total. The SMILES string of the molecule is CC(C)(C)N[C@H](c1ccc(NC2NN([C@@]3(CC#N)CCOC[C@H]3F)C3CCNC(=O)C23)cc1)C(F)(F)F. The van der Waals surface area contributed by atoms with Crippen molar-refractivity contribution >= 4 is 11.6 Å². The van der Waals surface area contributed by atoms with Crippen LogP contribution >= 0.6 is 0 Å². The van der Waals surface area contributed by atoms with Gasteiger partial charge in [0, 0.05) is 30.4 Å². The van der Waals surface area contributed by atoms with Crippen LogP contribution in [-0.4, -0.2) is 66.3 Å². The summed E-state index contributed by atoms with van der Waals surface area (Å²) < 4.78 is 61.8. The lowest BCUT2D eigenvalue weighted by Gasteiger charge is -2.48. The van der Waals surface area contributed by atoms with Crippen LogP contribution in [0.25, 0.3) is 0 Å². The molecule has 0 aromatic heterocycles. The predicted molar refractivity (Wildman–Crippen MR) is 129 cm³/mol. The van der Waals surface area contributed by atoms with Crippen molar-refractivity contribution in [1.82, 2.24) is 21.1 Å². The molecule has 3 aliphatic heterocycles. The minimum Gasteiger partial charge on any atom is -0.378 e. The predicted octanol–water partition coefficient (Wildman–Crippen LogP) is 3.15. The lowest BCUT2D eigenvalue weighted by molar-refractivity contribution is -0.161. The number of nitrogens with zero attached hydrogens (tertiary/aromatic N) is 2. The zero-order valence-electron chi connectivity index (χ0n) is 21.2. The van der Waals surface area contributed by atoms with Crippen LogP contribution in [0.3, 0.4) is 0 Å². The molecular weight excluding hydrogens is 492 g/mol. The van der Waals surface area contributed by atoms with Gasteiger partial charge in [-0.1, -0.05) is 12.1 Å². The molecule has 3 heterocycles. The number of amides is 1. The summed E-state index contributed by atoms with van der Waals surface area (Å²) >= 11 is 0. The zero-order valence-corrected chi connectivity index (χ0v) is 21.2. The monoisotopic (exact) mass is 526 g/mol. The van der Waals surface area contributed by atoms with E-state index >= 15 is 4.39 Å². The average Bonchev–Trinajstić information content (AvgIpc) is 3.19. The maximum absolute atomic E-state index is 15.3. The molecule has 3 aliphatic rings. The lowest BCUT2D eigenvalue weighted by Crippen LogP contribution is -2.65. The number of benzene rings is 1. The highest BCUT2D eigenvalue weighted by Gasteiger charge is 2.58. The maximum Gasteiger partial charge on any atom is 0.407 e. The molecule has 1 aromatic carbocycles. The second-order valence-corrected chi connectivity index (χ2v) is 11.0. The molecule has 0 radical (unpaired) electrons. The highest BCUT2D eigenvalue weighted by Crippen LogP contribution is 2.41. The van der Waals surface area contributed by atoms with Gasteiger partial charge in [-0.3, -0.25) is 10.1 Å². The van der Waals surface area contributed by atoms with E-state index in [1.165, 1.54) is 24.3 Å². The van der Waals surface area contributed by atoms with Crippen molar-refractivity contribution in [3.05, 3.63) is 29.8 Å². The summed E-state index contributed by atoms with van der Waals surface area (Å²) in [5, 5.41) is 19.9. The Balaban J connectivity index is 1.58. The van der Waals surface area contributed by atoms with E-state index in [-0.39, 0.29) is 30.5 Å². The maximum atomic E-state index is 15.3. The highest BCUT2D eigenvalue weighted by molar-refractivity contribution is 5.82. The van der Waals surface area contributed by atoms with Crippen LogP contribution in [0.5, 0.6) is 0 Å². The number of nitriles is 1. The topological polar surface area (TPSA) is 101 Å². The Kier molecular flexibility index (Phi) is 7.72. The Labute approximate surface area is 214 Å². The fraction of sp³-hybridized carbons (Fsp3) is 0.680. The second kappa shape index (κ2) is 10.4. The van der Waals surface area contributed by atoms with Gasteiger partial charge in [-0.05, 0) is 51.3 Å². The third kappa shape index (κ3) is 5.70. The molecule has 0 saturated carbocycles. The van der Waals surface area contributed by atoms with Gasteiger partial charge in [0.1, 0.15) is 18.4 Å². The minimum atomic E-state index is -4.48. The fourth-order valence-electron chi connectivity index (χ4n) is 5.56. The molecule has 3 fully saturated rings. The van der Waals surface area contributed by atoms with Crippen molar-refractivity contribution in [3.8, 4) is 6.07 Å². The molecule has 4 N–H and O–H groups in total. The van der Waals surface area contributed by atoms with Crippen LogP contribution in [0.15, 0.2) is 24.3 Å². The van der Waals surface area contributed by atoms with Gasteiger partial charge < -0.3 is 15.4 Å². The van der Waals surface area contributed by atoms with Crippen LogP contribution in [0.2, 0.25) is 0 Å². The van der Waals surface area contributed by atoms with Crippen molar-refractivity contribution < 1.29 is 27.1 Å². The van der Waals surface area contributed by atoms with E-state index in [4.69, 9.17) is 4.74 Å². The van der Waals surface area contributed by atoms with Crippen LogP contribution in [-0.2, 0) is 9.53 Å². The molecular formula is C25H34F4N6O2. The van der Waals surface area contributed by atoms with Crippen LogP contribution in [0.4, 0.5) is 23.2 Å². The summed E-state index contributed by atoms with van der Waals surface area (Å²) in [4.78, 5) is 12.9.